The summed E-state index contributed by atoms with van der Waals surface area (Å²) in [5.41, 5.74) is 0.218. The van der Waals surface area contributed by atoms with Crippen molar-refractivity contribution >= 4 is 5.91 Å². The van der Waals surface area contributed by atoms with Crippen LogP contribution in [0, 0.1) is 6.92 Å². The summed E-state index contributed by atoms with van der Waals surface area (Å²) >= 11 is 0. The predicted octanol–water partition coefficient (Wildman–Crippen LogP) is 1.36. The lowest BCUT2D eigenvalue weighted by molar-refractivity contribution is 0.0647. The number of carbonyl (C=O) groups is 1. The van der Waals surface area contributed by atoms with Gasteiger partial charge < -0.3 is 9.42 Å². The molecule has 110 valence electrons. The molecule has 0 saturated carbocycles. The summed E-state index contributed by atoms with van der Waals surface area (Å²) in [6.07, 6.45) is 6.17. The van der Waals surface area contributed by atoms with Crippen LogP contribution in [-0.4, -0.2) is 44.0 Å². The molecule has 1 aliphatic rings. The number of hydrogen-bond donors (Lipinski definition) is 0. The van der Waals surface area contributed by atoms with Crippen LogP contribution in [0.4, 0.5) is 0 Å². The van der Waals surface area contributed by atoms with Crippen LogP contribution in [0.5, 0.6) is 0 Å². The number of likely N-dealkylation sites (tertiary alicyclic amines) is 1. The first kappa shape index (κ1) is 13.7. The average molecular weight is 287 g/mol. The van der Waals surface area contributed by atoms with Crippen molar-refractivity contribution in [3.8, 4) is 0 Å². The van der Waals surface area contributed by atoms with Gasteiger partial charge in [-0.3, -0.25) is 9.78 Å². The second-order valence-electron chi connectivity index (χ2n) is 5.59. The van der Waals surface area contributed by atoms with E-state index in [2.05, 4.69) is 27.0 Å². The molecule has 1 aliphatic heterocycles. The molecule has 0 spiro atoms. The lowest BCUT2D eigenvalue weighted by atomic mass is 9.80. The van der Waals surface area contributed by atoms with E-state index < -0.39 is 0 Å². The van der Waals surface area contributed by atoms with Gasteiger partial charge in [0.1, 0.15) is 5.69 Å². The Labute approximate surface area is 122 Å². The van der Waals surface area contributed by atoms with Gasteiger partial charge in [0.05, 0.1) is 11.6 Å². The number of amides is 1. The first-order valence-electron chi connectivity index (χ1n) is 6.95. The molecule has 1 saturated heterocycles. The Bertz CT molecular complexity index is 632. The fourth-order valence-electron chi connectivity index (χ4n) is 2.53. The quantitative estimate of drug-likeness (QED) is 0.829. The molecule has 3 rings (SSSR count). The molecule has 0 atom stereocenters. The van der Waals surface area contributed by atoms with Gasteiger partial charge in [-0.1, -0.05) is 12.1 Å². The Kier molecular flexibility index (Phi) is 3.40. The summed E-state index contributed by atoms with van der Waals surface area (Å²) in [4.78, 5) is 26.4. The smallest absolute Gasteiger partial charge is 0.274 e. The third-order valence-electron chi connectivity index (χ3n) is 3.98. The fourth-order valence-corrected chi connectivity index (χ4v) is 2.53. The molecule has 0 N–H and O–H groups in total. The second-order valence-corrected chi connectivity index (χ2v) is 5.59. The molecule has 0 aromatic carbocycles. The monoisotopic (exact) mass is 287 g/mol. The molecule has 1 fully saturated rings. The molecule has 7 nitrogen and oxygen atoms in total. The highest BCUT2D eigenvalue weighted by Crippen LogP contribution is 2.34. The lowest BCUT2D eigenvalue weighted by Crippen LogP contribution is -2.44. The van der Waals surface area contributed by atoms with Gasteiger partial charge in [0, 0.05) is 25.5 Å². The van der Waals surface area contributed by atoms with E-state index in [4.69, 9.17) is 4.52 Å². The highest BCUT2D eigenvalue weighted by atomic mass is 16.5. The summed E-state index contributed by atoms with van der Waals surface area (Å²) in [7, 11) is 0. The molecular formula is C14H17N5O2. The van der Waals surface area contributed by atoms with Gasteiger partial charge in [-0.2, -0.15) is 4.98 Å². The summed E-state index contributed by atoms with van der Waals surface area (Å²) in [5, 5.41) is 3.85. The van der Waals surface area contributed by atoms with Crippen LogP contribution < -0.4 is 0 Å². The molecule has 0 unspecified atom stereocenters. The summed E-state index contributed by atoms with van der Waals surface area (Å²) < 4.78 is 5.30. The van der Waals surface area contributed by atoms with E-state index in [1.807, 2.05) is 6.92 Å². The van der Waals surface area contributed by atoms with E-state index >= 15 is 0 Å². The van der Waals surface area contributed by atoms with Crippen LogP contribution in [0.3, 0.4) is 0 Å². The van der Waals surface area contributed by atoms with Crippen LogP contribution in [-0.2, 0) is 5.41 Å². The van der Waals surface area contributed by atoms with Crippen molar-refractivity contribution in [3.63, 3.8) is 0 Å². The van der Waals surface area contributed by atoms with E-state index in [0.29, 0.717) is 30.5 Å². The Morgan fingerprint density at radius 1 is 1.33 bits per heavy atom. The molecule has 3 heterocycles. The van der Waals surface area contributed by atoms with Gasteiger partial charge in [-0.25, -0.2) is 4.98 Å². The Hall–Kier alpha value is -2.31. The third kappa shape index (κ3) is 2.63. The van der Waals surface area contributed by atoms with Crippen molar-refractivity contribution in [2.45, 2.75) is 32.1 Å². The van der Waals surface area contributed by atoms with E-state index in [9.17, 15) is 4.79 Å². The lowest BCUT2D eigenvalue weighted by Gasteiger charge is -2.36. The maximum atomic E-state index is 12.3. The van der Waals surface area contributed by atoms with Crippen molar-refractivity contribution in [2.75, 3.05) is 13.1 Å². The number of hydrogen-bond acceptors (Lipinski definition) is 6. The van der Waals surface area contributed by atoms with Crippen molar-refractivity contribution in [3.05, 3.63) is 36.0 Å². The standard InChI is InChI=1S/C14H17N5O2/c1-10-17-13(21-18-10)14(2)3-7-19(8-4-14)12(20)11-9-15-5-6-16-11/h5-6,9H,3-4,7-8H2,1-2H3. The van der Waals surface area contributed by atoms with Gasteiger partial charge in [0.15, 0.2) is 5.82 Å². The highest BCUT2D eigenvalue weighted by molar-refractivity contribution is 5.92. The summed E-state index contributed by atoms with van der Waals surface area (Å²) in [6.45, 7) is 5.20. The Morgan fingerprint density at radius 3 is 2.67 bits per heavy atom. The largest absolute Gasteiger partial charge is 0.339 e. The molecule has 1 amide bonds. The Morgan fingerprint density at radius 2 is 2.10 bits per heavy atom. The van der Waals surface area contributed by atoms with Crippen LogP contribution in [0.2, 0.25) is 0 Å². The SMILES string of the molecule is Cc1noc(C2(C)CCN(C(=O)c3cnccn3)CC2)n1. The van der Waals surface area contributed by atoms with Gasteiger partial charge >= 0.3 is 0 Å². The molecular weight excluding hydrogens is 270 g/mol. The minimum absolute atomic E-state index is 0.0770. The summed E-state index contributed by atoms with van der Waals surface area (Å²) in [6, 6.07) is 0. The molecule has 0 aliphatic carbocycles. The van der Waals surface area contributed by atoms with Crippen LogP contribution >= 0.6 is 0 Å². The Balaban J connectivity index is 1.69. The third-order valence-corrected chi connectivity index (χ3v) is 3.98. The summed E-state index contributed by atoms with van der Waals surface area (Å²) in [5.74, 6) is 1.22. The number of carbonyl (C=O) groups excluding carboxylic acids is 1. The first-order chi connectivity index (χ1) is 10.1. The molecule has 2 aromatic heterocycles. The zero-order valence-corrected chi connectivity index (χ0v) is 12.1. The zero-order chi connectivity index (χ0) is 14.9. The molecule has 0 bridgehead atoms. The number of aryl methyl sites for hydroxylation is 1. The van der Waals surface area contributed by atoms with Crippen molar-refractivity contribution in [1.29, 1.82) is 0 Å². The van der Waals surface area contributed by atoms with Crippen molar-refractivity contribution < 1.29 is 9.32 Å². The van der Waals surface area contributed by atoms with E-state index in [0.717, 1.165) is 12.8 Å². The van der Waals surface area contributed by atoms with Crippen LogP contribution in [0.1, 0.15) is 42.0 Å². The minimum atomic E-state index is -0.166. The number of nitrogens with zero attached hydrogens (tertiary/aromatic N) is 5. The normalized spacial score (nSPS) is 17.7. The number of aromatic nitrogens is 4. The van der Waals surface area contributed by atoms with E-state index in [-0.39, 0.29) is 11.3 Å². The zero-order valence-electron chi connectivity index (χ0n) is 12.1. The molecule has 2 aromatic rings. The second kappa shape index (κ2) is 5.23. The van der Waals surface area contributed by atoms with Crippen LogP contribution in [0.15, 0.2) is 23.1 Å². The van der Waals surface area contributed by atoms with Gasteiger partial charge in [-0.15, -0.1) is 0 Å². The van der Waals surface area contributed by atoms with E-state index in [1.54, 1.807) is 11.1 Å². The number of rotatable bonds is 2. The molecule has 7 heteroatoms. The van der Waals surface area contributed by atoms with E-state index in [1.165, 1.54) is 12.4 Å². The van der Waals surface area contributed by atoms with Gasteiger partial charge in [0.25, 0.3) is 5.91 Å². The fraction of sp³-hybridized carbons (Fsp3) is 0.500. The number of piperidine rings is 1. The van der Waals surface area contributed by atoms with Crippen molar-refractivity contribution in [2.24, 2.45) is 0 Å². The predicted molar refractivity (Wildman–Crippen MR) is 73.6 cm³/mol. The maximum Gasteiger partial charge on any atom is 0.274 e. The molecule has 0 radical (unpaired) electrons. The maximum absolute atomic E-state index is 12.3. The minimum Gasteiger partial charge on any atom is -0.339 e. The van der Waals surface area contributed by atoms with Crippen LogP contribution in [0.25, 0.3) is 0 Å². The molecule has 21 heavy (non-hydrogen) atoms. The van der Waals surface area contributed by atoms with Crippen molar-refractivity contribution in [1.82, 2.24) is 25.0 Å². The topological polar surface area (TPSA) is 85.0 Å². The highest BCUT2D eigenvalue weighted by Gasteiger charge is 2.38. The van der Waals surface area contributed by atoms with Gasteiger partial charge in [-0.05, 0) is 19.8 Å². The van der Waals surface area contributed by atoms with Gasteiger partial charge in [0.2, 0.25) is 5.89 Å². The first-order valence-corrected chi connectivity index (χ1v) is 6.95. The average Bonchev–Trinajstić information content (AvgIpc) is 2.96.